The first-order valence-corrected chi connectivity index (χ1v) is 9.75. The number of hydrogen-bond acceptors (Lipinski definition) is 7. The maximum Gasteiger partial charge on any atom is 0.293 e. The number of piperidine rings is 1. The molecule has 0 aromatic heterocycles. The van der Waals surface area contributed by atoms with Crippen molar-refractivity contribution in [1.82, 2.24) is 5.32 Å². The Morgan fingerprint density at radius 2 is 1.63 bits per heavy atom. The fraction of sp³-hybridized carbons (Fsp3) is 0.350. The number of hydrogen-bond donors (Lipinski definition) is 2. The van der Waals surface area contributed by atoms with Crippen LogP contribution in [0.4, 0.5) is 22.7 Å². The molecule has 0 saturated carbocycles. The molecule has 0 radical (unpaired) electrons. The van der Waals surface area contributed by atoms with Crippen LogP contribution in [0.5, 0.6) is 0 Å². The van der Waals surface area contributed by atoms with Gasteiger partial charge in [-0.3, -0.25) is 25.0 Å². The number of nitrogens with zero attached hydrogens (tertiary/aromatic N) is 3. The van der Waals surface area contributed by atoms with Gasteiger partial charge >= 0.3 is 0 Å². The largest absolute Gasteiger partial charge is 0.383 e. The quantitative estimate of drug-likeness (QED) is 0.385. The molecule has 3 rings (SSSR count). The zero-order valence-electron chi connectivity index (χ0n) is 16.4. The molecule has 2 aromatic rings. The maximum atomic E-state index is 12.4. The van der Waals surface area contributed by atoms with E-state index < -0.39 is 15.8 Å². The third-order valence-corrected chi connectivity index (χ3v) is 4.95. The van der Waals surface area contributed by atoms with Gasteiger partial charge in [-0.25, -0.2) is 0 Å². The lowest BCUT2D eigenvalue weighted by atomic mass is 10.1. The normalized spacial score (nSPS) is 13.5. The van der Waals surface area contributed by atoms with Crippen LogP contribution < -0.4 is 15.5 Å². The average molecular weight is 413 g/mol. The number of rotatable bonds is 8. The number of nitro groups is 2. The van der Waals surface area contributed by atoms with E-state index in [1.54, 1.807) is 24.3 Å². The second kappa shape index (κ2) is 9.68. The third-order valence-electron chi connectivity index (χ3n) is 4.95. The summed E-state index contributed by atoms with van der Waals surface area (Å²) in [7, 11) is 0. The van der Waals surface area contributed by atoms with Crippen LogP contribution in [0, 0.1) is 20.2 Å². The van der Waals surface area contributed by atoms with Crippen molar-refractivity contribution < 1.29 is 14.6 Å². The van der Waals surface area contributed by atoms with E-state index in [9.17, 15) is 25.0 Å². The SMILES string of the molecule is O=C(NCCNc1ccc([N+](=O)[O-])cc1)c1ccc(N2CCCCC2)c([N+](=O)[O-])c1. The standard InChI is InChI=1S/C20H23N5O5/c26-20(22-11-10-21-16-5-7-17(8-6-16)24(27)28)15-4-9-18(19(14-15)25(29)30)23-12-2-1-3-13-23/h4-9,14,21H,1-3,10-13H2,(H,22,26). The molecule has 1 saturated heterocycles. The van der Waals surface area contributed by atoms with Crippen LogP contribution in [-0.4, -0.2) is 41.9 Å². The van der Waals surface area contributed by atoms with Crippen LogP contribution in [0.3, 0.4) is 0 Å². The lowest BCUT2D eigenvalue weighted by Gasteiger charge is -2.28. The molecule has 2 aromatic carbocycles. The topological polar surface area (TPSA) is 131 Å². The lowest BCUT2D eigenvalue weighted by molar-refractivity contribution is -0.384. The van der Waals surface area contributed by atoms with Gasteiger partial charge in [0.15, 0.2) is 0 Å². The third kappa shape index (κ3) is 5.22. The van der Waals surface area contributed by atoms with Crippen molar-refractivity contribution in [2.45, 2.75) is 19.3 Å². The minimum Gasteiger partial charge on any atom is -0.383 e. The van der Waals surface area contributed by atoms with Gasteiger partial charge in [-0.2, -0.15) is 0 Å². The summed E-state index contributed by atoms with van der Waals surface area (Å²) in [6.45, 7) is 2.25. The highest BCUT2D eigenvalue weighted by molar-refractivity contribution is 5.95. The molecule has 0 unspecified atom stereocenters. The van der Waals surface area contributed by atoms with Crippen molar-refractivity contribution in [3.05, 3.63) is 68.3 Å². The van der Waals surface area contributed by atoms with Gasteiger partial charge in [-0.15, -0.1) is 0 Å². The molecule has 10 heteroatoms. The molecule has 1 aliphatic rings. The molecule has 2 N–H and O–H groups in total. The van der Waals surface area contributed by atoms with Crippen molar-refractivity contribution >= 4 is 28.7 Å². The van der Waals surface area contributed by atoms with Crippen molar-refractivity contribution in [2.75, 3.05) is 36.4 Å². The second-order valence-corrected chi connectivity index (χ2v) is 6.99. The van der Waals surface area contributed by atoms with E-state index >= 15 is 0 Å². The molecule has 0 atom stereocenters. The number of carbonyl (C=O) groups is 1. The number of anilines is 2. The summed E-state index contributed by atoms with van der Waals surface area (Å²) in [6, 6.07) is 10.5. The summed E-state index contributed by atoms with van der Waals surface area (Å²) in [5, 5.41) is 27.9. The van der Waals surface area contributed by atoms with Crippen LogP contribution in [0.25, 0.3) is 0 Å². The molecule has 1 fully saturated rings. The number of nitro benzene ring substituents is 2. The Labute approximate surface area is 173 Å². The molecule has 158 valence electrons. The molecule has 1 amide bonds. The summed E-state index contributed by atoms with van der Waals surface area (Å²) >= 11 is 0. The Balaban J connectivity index is 1.56. The predicted molar refractivity (Wildman–Crippen MR) is 113 cm³/mol. The van der Waals surface area contributed by atoms with E-state index in [1.807, 2.05) is 4.90 Å². The molecular formula is C20H23N5O5. The van der Waals surface area contributed by atoms with Gasteiger partial charge in [0.25, 0.3) is 17.3 Å². The van der Waals surface area contributed by atoms with Gasteiger partial charge in [-0.1, -0.05) is 0 Å². The molecule has 1 aliphatic heterocycles. The van der Waals surface area contributed by atoms with Crippen LogP contribution in [0.15, 0.2) is 42.5 Å². The molecule has 0 spiro atoms. The molecule has 10 nitrogen and oxygen atoms in total. The molecule has 0 aliphatic carbocycles. The highest BCUT2D eigenvalue weighted by Crippen LogP contribution is 2.31. The molecule has 1 heterocycles. The van der Waals surface area contributed by atoms with Gasteiger partial charge in [0.1, 0.15) is 5.69 Å². The van der Waals surface area contributed by atoms with E-state index in [2.05, 4.69) is 10.6 Å². The van der Waals surface area contributed by atoms with Crippen LogP contribution >= 0.6 is 0 Å². The summed E-state index contributed by atoms with van der Waals surface area (Å²) < 4.78 is 0. The summed E-state index contributed by atoms with van der Waals surface area (Å²) in [5.41, 5.74) is 1.42. The van der Waals surface area contributed by atoms with E-state index in [0.717, 1.165) is 32.4 Å². The number of amides is 1. The van der Waals surface area contributed by atoms with Crippen molar-refractivity contribution in [3.63, 3.8) is 0 Å². The molecule has 30 heavy (non-hydrogen) atoms. The first-order chi connectivity index (χ1) is 14.5. The van der Waals surface area contributed by atoms with Crippen molar-refractivity contribution in [1.29, 1.82) is 0 Å². The van der Waals surface area contributed by atoms with Gasteiger partial charge in [0.05, 0.1) is 9.85 Å². The van der Waals surface area contributed by atoms with E-state index in [0.29, 0.717) is 17.9 Å². The van der Waals surface area contributed by atoms with E-state index in [1.165, 1.54) is 18.2 Å². The predicted octanol–water partition coefficient (Wildman–Crippen LogP) is 3.34. The molecular weight excluding hydrogens is 390 g/mol. The highest BCUT2D eigenvalue weighted by atomic mass is 16.6. The van der Waals surface area contributed by atoms with Gasteiger partial charge in [0.2, 0.25) is 0 Å². The number of non-ortho nitro benzene ring substituents is 1. The van der Waals surface area contributed by atoms with Crippen molar-refractivity contribution in [2.24, 2.45) is 0 Å². The first-order valence-electron chi connectivity index (χ1n) is 9.75. The van der Waals surface area contributed by atoms with Crippen LogP contribution in [0.1, 0.15) is 29.6 Å². The fourth-order valence-corrected chi connectivity index (χ4v) is 3.40. The Kier molecular flexibility index (Phi) is 6.79. The number of carbonyl (C=O) groups excluding carboxylic acids is 1. The van der Waals surface area contributed by atoms with Crippen LogP contribution in [0.2, 0.25) is 0 Å². The summed E-state index contributed by atoms with van der Waals surface area (Å²) in [4.78, 5) is 35.6. The minimum absolute atomic E-state index is 0.00319. The Morgan fingerprint density at radius 3 is 2.27 bits per heavy atom. The Bertz CT molecular complexity index is 926. The number of benzene rings is 2. The van der Waals surface area contributed by atoms with E-state index in [4.69, 9.17) is 0 Å². The minimum atomic E-state index is -0.472. The zero-order valence-corrected chi connectivity index (χ0v) is 16.4. The fourth-order valence-electron chi connectivity index (χ4n) is 3.40. The van der Waals surface area contributed by atoms with Gasteiger partial charge in [-0.05, 0) is 43.5 Å². The summed E-state index contributed by atoms with van der Waals surface area (Å²) in [6.07, 6.45) is 3.13. The second-order valence-electron chi connectivity index (χ2n) is 6.99. The smallest absolute Gasteiger partial charge is 0.293 e. The van der Waals surface area contributed by atoms with Crippen LogP contribution in [-0.2, 0) is 0 Å². The zero-order chi connectivity index (χ0) is 21.5. The maximum absolute atomic E-state index is 12.4. The average Bonchev–Trinajstić information content (AvgIpc) is 2.77. The van der Waals surface area contributed by atoms with Gasteiger partial charge < -0.3 is 15.5 Å². The lowest BCUT2D eigenvalue weighted by Crippen LogP contribution is -2.31. The molecule has 0 bridgehead atoms. The monoisotopic (exact) mass is 413 g/mol. The van der Waals surface area contributed by atoms with Crippen molar-refractivity contribution in [3.8, 4) is 0 Å². The highest BCUT2D eigenvalue weighted by Gasteiger charge is 2.23. The number of nitrogens with one attached hydrogen (secondary N) is 2. The Morgan fingerprint density at radius 1 is 0.933 bits per heavy atom. The Hall–Kier alpha value is -3.69. The van der Waals surface area contributed by atoms with Gasteiger partial charge in [0, 0.05) is 55.6 Å². The first kappa shape index (κ1) is 21.0. The summed E-state index contributed by atoms with van der Waals surface area (Å²) in [5.74, 6) is -0.395. The van der Waals surface area contributed by atoms with E-state index in [-0.39, 0.29) is 23.5 Å².